The third-order valence-electron chi connectivity index (χ3n) is 2.96. The molecule has 0 amide bonds. The molecule has 20 heavy (non-hydrogen) atoms. The van der Waals surface area contributed by atoms with E-state index in [-0.39, 0.29) is 0 Å². The lowest BCUT2D eigenvalue weighted by Crippen LogP contribution is -1.98. The van der Waals surface area contributed by atoms with E-state index in [2.05, 4.69) is 21.7 Å². The first kappa shape index (κ1) is 13.2. The van der Waals surface area contributed by atoms with E-state index < -0.39 is 0 Å². The summed E-state index contributed by atoms with van der Waals surface area (Å²) in [6.07, 6.45) is 1.81. The maximum absolute atomic E-state index is 6.14. The van der Waals surface area contributed by atoms with Crippen LogP contribution in [0.3, 0.4) is 0 Å². The highest BCUT2D eigenvalue weighted by Crippen LogP contribution is 2.28. The van der Waals surface area contributed by atoms with Gasteiger partial charge in [-0.1, -0.05) is 35.9 Å². The van der Waals surface area contributed by atoms with Crippen LogP contribution in [0.25, 0.3) is 10.6 Å². The first-order chi connectivity index (χ1) is 9.83. The van der Waals surface area contributed by atoms with Gasteiger partial charge in [-0.15, -0.1) is 11.3 Å². The lowest BCUT2D eigenvalue weighted by Gasteiger charge is -2.05. The molecule has 1 aromatic carbocycles. The Balaban J connectivity index is 1.71. The zero-order valence-corrected chi connectivity index (χ0v) is 12.3. The fourth-order valence-corrected chi connectivity index (χ4v) is 2.96. The Hall–Kier alpha value is -1.84. The van der Waals surface area contributed by atoms with E-state index in [1.54, 1.807) is 11.3 Å². The van der Waals surface area contributed by atoms with Crippen molar-refractivity contribution in [1.82, 2.24) is 4.98 Å². The first-order valence-electron chi connectivity index (χ1n) is 6.30. The van der Waals surface area contributed by atoms with Gasteiger partial charge in [0.15, 0.2) is 0 Å². The number of aromatic nitrogens is 1. The molecule has 3 aromatic rings. The number of hydrogen-bond acceptors (Lipinski definition) is 3. The molecule has 2 aromatic heterocycles. The highest BCUT2D eigenvalue weighted by molar-refractivity contribution is 7.14. The second-order valence-electron chi connectivity index (χ2n) is 4.36. The average molecular weight is 301 g/mol. The summed E-state index contributed by atoms with van der Waals surface area (Å²) in [4.78, 5) is 5.52. The lowest BCUT2D eigenvalue weighted by atomic mass is 10.2. The number of pyridine rings is 1. The fraction of sp³-hybridized carbons (Fsp3) is 0.0625. The predicted octanol–water partition coefficient (Wildman–Crippen LogP) is 5.08. The molecule has 1 N–H and O–H groups in total. The molecule has 2 heterocycles. The molecule has 0 saturated carbocycles. The molecule has 0 unspecified atom stereocenters. The van der Waals surface area contributed by atoms with Crippen LogP contribution < -0.4 is 5.32 Å². The number of rotatable bonds is 4. The van der Waals surface area contributed by atoms with E-state index in [9.17, 15) is 0 Å². The summed E-state index contributed by atoms with van der Waals surface area (Å²) in [6.45, 7) is 0.720. The summed E-state index contributed by atoms with van der Waals surface area (Å²) in [5, 5.41) is 6.28. The van der Waals surface area contributed by atoms with Crippen LogP contribution in [-0.2, 0) is 6.54 Å². The number of nitrogens with zero attached hydrogens (tertiary/aromatic N) is 1. The molecular formula is C16H13ClN2S. The zero-order valence-electron chi connectivity index (χ0n) is 10.7. The summed E-state index contributed by atoms with van der Waals surface area (Å²) in [5.41, 5.74) is 3.19. The van der Waals surface area contributed by atoms with Gasteiger partial charge in [0.25, 0.3) is 0 Å². The third kappa shape index (κ3) is 3.00. The van der Waals surface area contributed by atoms with Crippen molar-refractivity contribution in [3.63, 3.8) is 0 Å². The van der Waals surface area contributed by atoms with E-state index in [4.69, 9.17) is 11.6 Å². The first-order valence-corrected chi connectivity index (χ1v) is 7.56. The minimum absolute atomic E-state index is 0.720. The molecule has 0 radical (unpaired) electrons. The van der Waals surface area contributed by atoms with E-state index >= 15 is 0 Å². The highest BCUT2D eigenvalue weighted by atomic mass is 35.5. The molecule has 0 bridgehead atoms. The number of hydrogen-bond donors (Lipinski definition) is 1. The maximum Gasteiger partial charge on any atom is 0.0802 e. The Kier molecular flexibility index (Phi) is 4.00. The van der Waals surface area contributed by atoms with Crippen molar-refractivity contribution >= 4 is 28.6 Å². The largest absolute Gasteiger partial charge is 0.380 e. The van der Waals surface area contributed by atoms with Gasteiger partial charge in [-0.05, 0) is 29.8 Å². The van der Waals surface area contributed by atoms with Gasteiger partial charge in [-0.3, -0.25) is 4.98 Å². The summed E-state index contributed by atoms with van der Waals surface area (Å²) in [7, 11) is 0. The third-order valence-corrected chi connectivity index (χ3v) is 4.28. The molecular weight excluding hydrogens is 288 g/mol. The van der Waals surface area contributed by atoms with Crippen molar-refractivity contribution in [2.45, 2.75) is 6.54 Å². The van der Waals surface area contributed by atoms with Crippen LogP contribution in [0.2, 0.25) is 5.02 Å². The SMILES string of the molecule is Clc1ccccc1CNc1csc(-c2ccccn2)c1. The van der Waals surface area contributed by atoms with Crippen LogP contribution in [-0.4, -0.2) is 4.98 Å². The number of nitrogens with one attached hydrogen (secondary N) is 1. The number of thiophene rings is 1. The lowest BCUT2D eigenvalue weighted by molar-refractivity contribution is 1.15. The van der Waals surface area contributed by atoms with Crippen LogP contribution in [0.1, 0.15) is 5.56 Å². The minimum atomic E-state index is 0.720. The Morgan fingerprint density at radius 3 is 2.75 bits per heavy atom. The molecule has 0 aliphatic rings. The van der Waals surface area contributed by atoms with Crippen LogP contribution in [0.4, 0.5) is 5.69 Å². The summed E-state index contributed by atoms with van der Waals surface area (Å²) < 4.78 is 0. The van der Waals surface area contributed by atoms with Crippen molar-refractivity contribution in [2.75, 3.05) is 5.32 Å². The van der Waals surface area contributed by atoms with Crippen molar-refractivity contribution < 1.29 is 0 Å². The second kappa shape index (κ2) is 6.07. The van der Waals surface area contributed by atoms with Gasteiger partial charge in [0.05, 0.1) is 10.6 Å². The van der Waals surface area contributed by atoms with Crippen molar-refractivity contribution in [1.29, 1.82) is 0 Å². The number of anilines is 1. The van der Waals surface area contributed by atoms with Gasteiger partial charge < -0.3 is 5.32 Å². The molecule has 0 aliphatic heterocycles. The van der Waals surface area contributed by atoms with E-state index in [1.807, 2.05) is 48.7 Å². The predicted molar refractivity (Wildman–Crippen MR) is 86.3 cm³/mol. The molecule has 3 rings (SSSR count). The van der Waals surface area contributed by atoms with Gasteiger partial charge in [0.2, 0.25) is 0 Å². The Labute approximate surface area is 127 Å². The molecule has 0 fully saturated rings. The van der Waals surface area contributed by atoms with Crippen LogP contribution in [0.5, 0.6) is 0 Å². The molecule has 100 valence electrons. The summed E-state index contributed by atoms with van der Waals surface area (Å²) >= 11 is 7.83. The van der Waals surface area contributed by atoms with Gasteiger partial charge in [-0.25, -0.2) is 0 Å². The van der Waals surface area contributed by atoms with Gasteiger partial charge >= 0.3 is 0 Å². The molecule has 0 aliphatic carbocycles. The maximum atomic E-state index is 6.14. The number of benzene rings is 1. The molecule has 2 nitrogen and oxygen atoms in total. The van der Waals surface area contributed by atoms with Gasteiger partial charge in [0.1, 0.15) is 0 Å². The highest BCUT2D eigenvalue weighted by Gasteiger charge is 2.04. The van der Waals surface area contributed by atoms with Gasteiger partial charge in [0, 0.05) is 28.8 Å². The monoisotopic (exact) mass is 300 g/mol. The van der Waals surface area contributed by atoms with E-state index in [0.717, 1.165) is 33.4 Å². The zero-order chi connectivity index (χ0) is 13.8. The Morgan fingerprint density at radius 1 is 1.10 bits per heavy atom. The van der Waals surface area contributed by atoms with E-state index in [0.29, 0.717) is 0 Å². The average Bonchev–Trinajstić information content (AvgIpc) is 2.96. The van der Waals surface area contributed by atoms with Crippen LogP contribution >= 0.6 is 22.9 Å². The standard InChI is InChI=1S/C16H13ClN2S/c17-14-6-2-1-5-12(14)10-19-13-9-16(20-11-13)15-7-3-4-8-18-15/h1-9,11,19H,10H2. The van der Waals surface area contributed by atoms with Crippen LogP contribution in [0, 0.1) is 0 Å². The molecule has 0 atom stereocenters. The second-order valence-corrected chi connectivity index (χ2v) is 5.68. The minimum Gasteiger partial charge on any atom is -0.380 e. The summed E-state index contributed by atoms with van der Waals surface area (Å²) in [5.74, 6) is 0. The quantitative estimate of drug-likeness (QED) is 0.727. The Morgan fingerprint density at radius 2 is 1.95 bits per heavy atom. The number of halogens is 1. The van der Waals surface area contributed by atoms with Crippen molar-refractivity contribution in [2.24, 2.45) is 0 Å². The smallest absolute Gasteiger partial charge is 0.0802 e. The fourth-order valence-electron chi connectivity index (χ4n) is 1.91. The topological polar surface area (TPSA) is 24.9 Å². The van der Waals surface area contributed by atoms with Crippen molar-refractivity contribution in [3.8, 4) is 10.6 Å². The van der Waals surface area contributed by atoms with Gasteiger partial charge in [-0.2, -0.15) is 0 Å². The van der Waals surface area contributed by atoms with E-state index in [1.165, 1.54) is 0 Å². The Bertz CT molecular complexity index is 694. The van der Waals surface area contributed by atoms with Crippen molar-refractivity contribution in [3.05, 3.63) is 70.7 Å². The normalized spacial score (nSPS) is 10.4. The summed E-state index contributed by atoms with van der Waals surface area (Å²) in [6, 6.07) is 15.9. The molecule has 4 heteroatoms. The molecule has 0 saturated heterocycles. The molecule has 0 spiro atoms. The van der Waals surface area contributed by atoms with Crippen LogP contribution in [0.15, 0.2) is 60.1 Å².